The molecule has 104 valence electrons. The predicted molar refractivity (Wildman–Crippen MR) is 76.8 cm³/mol. The van der Waals surface area contributed by atoms with E-state index in [0.717, 1.165) is 11.1 Å². The van der Waals surface area contributed by atoms with Gasteiger partial charge in [0, 0.05) is 6.20 Å². The molecule has 0 fully saturated rings. The number of benzene rings is 1. The van der Waals surface area contributed by atoms with E-state index < -0.39 is 5.97 Å². The van der Waals surface area contributed by atoms with Gasteiger partial charge in [-0.25, -0.2) is 9.78 Å². The first-order valence-corrected chi connectivity index (χ1v) is 7.13. The second-order valence-electron chi connectivity index (χ2n) is 4.23. The zero-order chi connectivity index (χ0) is 14.7. The van der Waals surface area contributed by atoms with Crippen molar-refractivity contribution in [3.63, 3.8) is 0 Å². The van der Waals surface area contributed by atoms with E-state index in [1.165, 1.54) is 18.0 Å². The fraction of sp³-hybridized carbons (Fsp3) is 0.214. The van der Waals surface area contributed by atoms with E-state index in [2.05, 4.69) is 9.97 Å². The second kappa shape index (κ2) is 5.92. The maximum absolute atomic E-state index is 11.2. The average Bonchev–Trinajstić information content (AvgIpc) is 2.42. The van der Waals surface area contributed by atoms with Crippen molar-refractivity contribution in [1.82, 2.24) is 9.97 Å². The molecule has 6 heteroatoms. The molecule has 2 aromatic rings. The summed E-state index contributed by atoms with van der Waals surface area (Å²) in [6.07, 6.45) is 3.08. The minimum absolute atomic E-state index is 0.0546. The molecule has 1 heterocycles. The number of hydrogen-bond donors (Lipinski definition) is 1. The van der Waals surface area contributed by atoms with Gasteiger partial charge in [-0.05, 0) is 43.4 Å². The predicted octanol–water partition coefficient (Wildman–Crippen LogP) is 3.31. The van der Waals surface area contributed by atoms with Crippen molar-refractivity contribution in [3.05, 3.63) is 41.1 Å². The van der Waals surface area contributed by atoms with Gasteiger partial charge in [0.1, 0.15) is 11.3 Å². The first kappa shape index (κ1) is 14.3. The van der Waals surface area contributed by atoms with E-state index in [9.17, 15) is 4.79 Å². The van der Waals surface area contributed by atoms with Gasteiger partial charge in [-0.3, -0.25) is 0 Å². The largest absolute Gasteiger partial charge is 0.477 e. The minimum Gasteiger partial charge on any atom is -0.477 e. The first-order chi connectivity index (χ1) is 9.51. The number of hydrogen-bond acceptors (Lipinski definition) is 5. The summed E-state index contributed by atoms with van der Waals surface area (Å²) in [5, 5.41) is 9.61. The lowest BCUT2D eigenvalue weighted by molar-refractivity contribution is 0.0692. The van der Waals surface area contributed by atoms with Crippen molar-refractivity contribution in [3.8, 4) is 11.6 Å². The van der Waals surface area contributed by atoms with Crippen LogP contribution in [0.2, 0.25) is 0 Å². The number of ether oxygens (including phenoxy) is 1. The molecule has 0 aliphatic rings. The Hall–Kier alpha value is -2.08. The van der Waals surface area contributed by atoms with Gasteiger partial charge in [0.15, 0.2) is 5.16 Å². The summed E-state index contributed by atoms with van der Waals surface area (Å²) in [6, 6.07) is 5.55. The third-order valence-corrected chi connectivity index (χ3v) is 3.40. The van der Waals surface area contributed by atoms with Crippen molar-refractivity contribution in [2.45, 2.75) is 19.0 Å². The molecule has 1 N–H and O–H groups in total. The molecule has 5 nitrogen and oxygen atoms in total. The van der Waals surface area contributed by atoms with Crippen LogP contribution >= 0.6 is 11.8 Å². The van der Waals surface area contributed by atoms with Gasteiger partial charge in [-0.2, -0.15) is 4.98 Å². The van der Waals surface area contributed by atoms with Gasteiger partial charge in [-0.15, -0.1) is 0 Å². The molecule has 0 aliphatic carbocycles. The Morgan fingerprint density at radius 1 is 1.30 bits per heavy atom. The molecule has 0 bridgehead atoms. The molecule has 0 unspecified atom stereocenters. The summed E-state index contributed by atoms with van der Waals surface area (Å²) in [6.45, 7) is 3.96. The van der Waals surface area contributed by atoms with Gasteiger partial charge in [0.2, 0.25) is 5.88 Å². The van der Waals surface area contributed by atoms with Crippen LogP contribution in [0.1, 0.15) is 21.5 Å². The van der Waals surface area contributed by atoms with Crippen molar-refractivity contribution < 1.29 is 14.6 Å². The van der Waals surface area contributed by atoms with Gasteiger partial charge in [-0.1, -0.05) is 17.8 Å². The Morgan fingerprint density at radius 3 is 2.65 bits per heavy atom. The Kier molecular flexibility index (Phi) is 4.24. The molecule has 1 aromatic carbocycles. The van der Waals surface area contributed by atoms with E-state index in [1.807, 2.05) is 32.2 Å². The molecule has 0 amide bonds. The van der Waals surface area contributed by atoms with E-state index in [0.29, 0.717) is 10.9 Å². The molecule has 1 aromatic heterocycles. The molecule has 0 atom stereocenters. The van der Waals surface area contributed by atoms with E-state index >= 15 is 0 Å². The molecule has 2 rings (SSSR count). The highest BCUT2D eigenvalue weighted by Crippen LogP contribution is 2.26. The third kappa shape index (κ3) is 3.08. The molecule has 0 saturated heterocycles. The maximum atomic E-state index is 11.2. The third-order valence-electron chi connectivity index (χ3n) is 2.84. The molecule has 0 aliphatic heterocycles. The lowest BCUT2D eigenvalue weighted by atomic mass is 10.1. The number of rotatable bonds is 4. The standard InChI is InChI=1S/C14H14N2O3S/c1-8-4-5-10(6-9(8)2)19-12-11(13(17)18)7-15-14(16-12)20-3/h4-7H,1-3H3,(H,17,18). The quantitative estimate of drug-likeness (QED) is 0.688. The number of carboxylic acids is 1. The first-order valence-electron chi connectivity index (χ1n) is 5.90. The van der Waals surface area contributed by atoms with Crippen LogP contribution in [0.3, 0.4) is 0 Å². The number of nitrogens with zero attached hydrogens (tertiary/aromatic N) is 2. The number of carbonyl (C=O) groups is 1. The van der Waals surface area contributed by atoms with Crippen molar-refractivity contribution in [1.29, 1.82) is 0 Å². The molecule has 20 heavy (non-hydrogen) atoms. The Balaban J connectivity index is 2.40. The molecular weight excluding hydrogens is 276 g/mol. The average molecular weight is 290 g/mol. The molecule has 0 spiro atoms. The number of aromatic nitrogens is 2. The SMILES string of the molecule is CSc1ncc(C(=O)O)c(Oc2ccc(C)c(C)c2)n1. The number of aryl methyl sites for hydroxylation is 2. The Labute approximate surface area is 121 Å². The monoisotopic (exact) mass is 290 g/mol. The Bertz CT molecular complexity index is 659. The van der Waals surface area contributed by atoms with Crippen LogP contribution in [0.25, 0.3) is 0 Å². The molecule has 0 saturated carbocycles. The highest BCUT2D eigenvalue weighted by molar-refractivity contribution is 7.98. The summed E-state index contributed by atoms with van der Waals surface area (Å²) >= 11 is 1.32. The van der Waals surface area contributed by atoms with Crippen LogP contribution in [0.4, 0.5) is 0 Å². The summed E-state index contributed by atoms with van der Waals surface area (Å²) < 4.78 is 5.60. The van der Waals surface area contributed by atoms with Crippen molar-refractivity contribution in [2.24, 2.45) is 0 Å². The fourth-order valence-corrected chi connectivity index (χ4v) is 1.90. The minimum atomic E-state index is -1.11. The lowest BCUT2D eigenvalue weighted by Gasteiger charge is -2.09. The van der Waals surface area contributed by atoms with Gasteiger partial charge in [0.25, 0.3) is 0 Å². The summed E-state index contributed by atoms with van der Waals surface area (Å²) in [7, 11) is 0. The van der Waals surface area contributed by atoms with E-state index in [4.69, 9.17) is 9.84 Å². The van der Waals surface area contributed by atoms with Crippen LogP contribution in [-0.4, -0.2) is 27.3 Å². The number of thioether (sulfide) groups is 1. The van der Waals surface area contributed by atoms with Crippen LogP contribution < -0.4 is 4.74 Å². The fourth-order valence-electron chi connectivity index (χ4n) is 1.56. The second-order valence-corrected chi connectivity index (χ2v) is 5.00. The van der Waals surface area contributed by atoms with Crippen LogP contribution in [0, 0.1) is 13.8 Å². The Morgan fingerprint density at radius 2 is 2.05 bits per heavy atom. The van der Waals surface area contributed by atoms with Gasteiger partial charge in [0.05, 0.1) is 0 Å². The van der Waals surface area contributed by atoms with Crippen LogP contribution in [-0.2, 0) is 0 Å². The summed E-state index contributed by atoms with van der Waals surface area (Å²) in [5.74, 6) is -0.502. The van der Waals surface area contributed by atoms with Crippen LogP contribution in [0.15, 0.2) is 29.6 Å². The lowest BCUT2D eigenvalue weighted by Crippen LogP contribution is -2.04. The highest BCUT2D eigenvalue weighted by atomic mass is 32.2. The normalized spacial score (nSPS) is 10.3. The number of aromatic carboxylic acids is 1. The van der Waals surface area contributed by atoms with Crippen molar-refractivity contribution in [2.75, 3.05) is 6.26 Å². The summed E-state index contributed by atoms with van der Waals surface area (Å²) in [4.78, 5) is 19.2. The summed E-state index contributed by atoms with van der Waals surface area (Å²) in [5.41, 5.74) is 2.16. The topological polar surface area (TPSA) is 72.3 Å². The number of carboxylic acid groups (broad SMARTS) is 1. The molecule has 0 radical (unpaired) electrons. The molecular formula is C14H14N2O3S. The zero-order valence-corrected chi connectivity index (χ0v) is 12.2. The van der Waals surface area contributed by atoms with Gasteiger partial charge >= 0.3 is 5.97 Å². The zero-order valence-electron chi connectivity index (χ0n) is 11.4. The maximum Gasteiger partial charge on any atom is 0.342 e. The van der Waals surface area contributed by atoms with Crippen molar-refractivity contribution >= 4 is 17.7 Å². The van der Waals surface area contributed by atoms with E-state index in [-0.39, 0.29) is 11.4 Å². The van der Waals surface area contributed by atoms with Gasteiger partial charge < -0.3 is 9.84 Å². The van der Waals surface area contributed by atoms with Crippen LogP contribution in [0.5, 0.6) is 11.6 Å². The highest BCUT2D eigenvalue weighted by Gasteiger charge is 2.16. The van der Waals surface area contributed by atoms with E-state index in [1.54, 1.807) is 6.07 Å². The smallest absolute Gasteiger partial charge is 0.342 e.